The molecule has 0 saturated heterocycles. The number of ketones is 2. The second-order valence-corrected chi connectivity index (χ2v) is 7.20. The van der Waals surface area contributed by atoms with E-state index >= 15 is 0 Å². The summed E-state index contributed by atoms with van der Waals surface area (Å²) < 4.78 is 6.02. The summed E-state index contributed by atoms with van der Waals surface area (Å²) in [4.78, 5) is 27.5. The molecular formula is C26H23NO3. The van der Waals surface area contributed by atoms with Crippen molar-refractivity contribution in [2.24, 2.45) is 0 Å². The number of ether oxygens (including phenoxy) is 1. The minimum Gasteiger partial charge on any atom is -0.486 e. The third-order valence-electron chi connectivity index (χ3n) is 4.90. The monoisotopic (exact) mass is 397 g/mol. The van der Waals surface area contributed by atoms with E-state index in [1.54, 1.807) is 31.2 Å². The van der Waals surface area contributed by atoms with Crippen LogP contribution in [-0.4, -0.2) is 11.6 Å². The molecule has 0 spiro atoms. The molecule has 4 nitrogen and oxygen atoms in total. The third kappa shape index (κ3) is 5.42. The van der Waals surface area contributed by atoms with Gasteiger partial charge >= 0.3 is 0 Å². The number of Topliss-reactive ketones (excluding diaryl/α,β-unsaturated/α-hetero) is 2. The van der Waals surface area contributed by atoms with Crippen LogP contribution in [0.1, 0.15) is 57.4 Å². The molecule has 3 aromatic rings. The second kappa shape index (κ2) is 9.67. The Morgan fingerprint density at radius 1 is 0.933 bits per heavy atom. The van der Waals surface area contributed by atoms with Crippen molar-refractivity contribution < 1.29 is 14.3 Å². The highest BCUT2D eigenvalue weighted by Gasteiger charge is 2.12. The molecule has 0 amide bonds. The summed E-state index contributed by atoms with van der Waals surface area (Å²) in [6.07, 6.45) is 0.0791. The van der Waals surface area contributed by atoms with Crippen molar-refractivity contribution in [3.8, 4) is 5.75 Å². The number of benzene rings is 3. The normalized spacial score (nSPS) is 11.4. The van der Waals surface area contributed by atoms with Gasteiger partial charge in [0.05, 0.1) is 0 Å². The van der Waals surface area contributed by atoms with Crippen LogP contribution in [0.5, 0.6) is 5.75 Å². The Bertz CT molecular complexity index is 1080. The first-order valence-electron chi connectivity index (χ1n) is 9.78. The molecule has 30 heavy (non-hydrogen) atoms. The van der Waals surface area contributed by atoms with E-state index in [0.29, 0.717) is 29.8 Å². The minimum atomic E-state index is -0.216. The molecule has 150 valence electrons. The molecule has 0 radical (unpaired) electrons. The summed E-state index contributed by atoms with van der Waals surface area (Å²) in [5.41, 5.74) is 4.08. The summed E-state index contributed by atoms with van der Waals surface area (Å²) in [7, 11) is 0. The third-order valence-corrected chi connectivity index (χ3v) is 4.90. The molecule has 0 aliphatic heterocycles. The van der Waals surface area contributed by atoms with E-state index in [0.717, 1.165) is 16.7 Å². The van der Waals surface area contributed by atoms with Crippen LogP contribution in [0.15, 0.2) is 72.8 Å². The van der Waals surface area contributed by atoms with Gasteiger partial charge in [-0.25, -0.2) is 6.57 Å². The molecule has 0 fully saturated rings. The molecule has 0 aromatic heterocycles. The number of rotatable bonds is 8. The molecule has 1 unspecified atom stereocenters. The highest BCUT2D eigenvalue weighted by molar-refractivity contribution is 5.97. The van der Waals surface area contributed by atoms with Crippen molar-refractivity contribution in [1.82, 2.24) is 0 Å². The molecule has 0 bridgehead atoms. The standard InChI is InChI=1S/C26H23NO3/c1-18(28)22-11-13-23(14-12-22)19(2)30-25-6-4-5-24(16-25)26(29)15-20-7-9-21(10-8-20)17-27-3/h4-14,16,19H,15,17H2,1-2H3. The predicted octanol–water partition coefficient (Wildman–Crippen LogP) is 5.87. The van der Waals surface area contributed by atoms with Gasteiger partial charge in [-0.3, -0.25) is 9.59 Å². The molecule has 3 rings (SSSR count). The molecule has 1 atom stereocenters. The summed E-state index contributed by atoms with van der Waals surface area (Å²) in [5.74, 6) is 0.663. The maximum Gasteiger partial charge on any atom is 0.239 e. The maximum atomic E-state index is 12.7. The Labute approximate surface area is 177 Å². The number of hydrogen-bond donors (Lipinski definition) is 0. The Morgan fingerprint density at radius 2 is 1.60 bits per heavy atom. The topological polar surface area (TPSA) is 47.7 Å². The van der Waals surface area contributed by atoms with Crippen molar-refractivity contribution in [1.29, 1.82) is 0 Å². The van der Waals surface area contributed by atoms with Crippen LogP contribution < -0.4 is 4.74 Å². The first kappa shape index (κ1) is 21.0. The quantitative estimate of drug-likeness (QED) is 0.353. The van der Waals surface area contributed by atoms with E-state index in [-0.39, 0.29) is 17.7 Å². The average Bonchev–Trinajstić information content (AvgIpc) is 2.75. The zero-order chi connectivity index (χ0) is 21.5. The van der Waals surface area contributed by atoms with E-state index in [2.05, 4.69) is 4.85 Å². The fourth-order valence-electron chi connectivity index (χ4n) is 3.15. The maximum absolute atomic E-state index is 12.7. The number of carbonyl (C=O) groups excluding carboxylic acids is 2. The van der Waals surface area contributed by atoms with Crippen LogP contribution in [0.25, 0.3) is 4.85 Å². The predicted molar refractivity (Wildman–Crippen MR) is 117 cm³/mol. The van der Waals surface area contributed by atoms with Crippen LogP contribution in [0.3, 0.4) is 0 Å². The van der Waals surface area contributed by atoms with Gasteiger partial charge in [0.1, 0.15) is 11.9 Å². The van der Waals surface area contributed by atoms with Gasteiger partial charge in [-0.15, -0.1) is 0 Å². The van der Waals surface area contributed by atoms with Gasteiger partial charge in [-0.05, 0) is 37.1 Å². The molecule has 0 saturated carbocycles. The second-order valence-electron chi connectivity index (χ2n) is 7.20. The van der Waals surface area contributed by atoms with Crippen LogP contribution in [0.4, 0.5) is 0 Å². The molecule has 4 heteroatoms. The van der Waals surface area contributed by atoms with Crippen molar-refractivity contribution in [3.05, 3.63) is 112 Å². The summed E-state index contributed by atoms with van der Waals surface area (Å²) in [5, 5.41) is 0. The Morgan fingerprint density at radius 3 is 2.23 bits per heavy atom. The SMILES string of the molecule is [C-]#[N+]Cc1ccc(CC(=O)c2cccc(OC(C)c3ccc(C(C)=O)cc3)c2)cc1. The highest BCUT2D eigenvalue weighted by Crippen LogP contribution is 2.23. The van der Waals surface area contributed by atoms with Gasteiger partial charge in [0.15, 0.2) is 11.6 Å². The van der Waals surface area contributed by atoms with Crippen LogP contribution in [0, 0.1) is 6.57 Å². The minimum absolute atomic E-state index is 0.0110. The Kier molecular flexibility index (Phi) is 6.77. The molecule has 0 aliphatic carbocycles. The largest absolute Gasteiger partial charge is 0.486 e. The summed E-state index contributed by atoms with van der Waals surface area (Å²) in [6.45, 7) is 10.7. The summed E-state index contributed by atoms with van der Waals surface area (Å²) >= 11 is 0. The Hall–Kier alpha value is -3.71. The van der Waals surface area contributed by atoms with E-state index in [4.69, 9.17) is 11.3 Å². The van der Waals surface area contributed by atoms with Gasteiger partial charge < -0.3 is 9.58 Å². The molecule has 3 aromatic carbocycles. The van der Waals surface area contributed by atoms with Gasteiger partial charge in [0.25, 0.3) is 0 Å². The Balaban J connectivity index is 1.66. The van der Waals surface area contributed by atoms with Crippen molar-refractivity contribution in [3.63, 3.8) is 0 Å². The lowest BCUT2D eigenvalue weighted by atomic mass is 10.0. The summed E-state index contributed by atoms with van der Waals surface area (Å²) in [6, 6.07) is 22.1. The van der Waals surface area contributed by atoms with Crippen molar-refractivity contribution in [2.45, 2.75) is 32.9 Å². The van der Waals surface area contributed by atoms with Crippen LogP contribution in [-0.2, 0) is 13.0 Å². The highest BCUT2D eigenvalue weighted by atomic mass is 16.5. The van der Waals surface area contributed by atoms with Gasteiger partial charge in [0.2, 0.25) is 6.54 Å². The van der Waals surface area contributed by atoms with Gasteiger partial charge in [-0.1, -0.05) is 60.7 Å². The molecule has 0 heterocycles. The average molecular weight is 397 g/mol. The fourth-order valence-corrected chi connectivity index (χ4v) is 3.15. The van der Waals surface area contributed by atoms with E-state index in [1.807, 2.05) is 55.5 Å². The zero-order valence-electron chi connectivity index (χ0n) is 17.1. The lowest BCUT2D eigenvalue weighted by Crippen LogP contribution is -2.06. The van der Waals surface area contributed by atoms with Crippen molar-refractivity contribution >= 4 is 11.6 Å². The van der Waals surface area contributed by atoms with Crippen LogP contribution in [0.2, 0.25) is 0 Å². The smallest absolute Gasteiger partial charge is 0.239 e. The first-order valence-corrected chi connectivity index (χ1v) is 9.78. The van der Waals surface area contributed by atoms with E-state index < -0.39 is 0 Å². The number of carbonyl (C=O) groups is 2. The fraction of sp³-hybridized carbons (Fsp3) is 0.192. The van der Waals surface area contributed by atoms with Crippen LogP contribution >= 0.6 is 0 Å². The van der Waals surface area contributed by atoms with E-state index in [1.165, 1.54) is 0 Å². The molecule has 0 N–H and O–H groups in total. The molecule has 0 aliphatic rings. The lowest BCUT2D eigenvalue weighted by molar-refractivity contribution is 0.0989. The van der Waals surface area contributed by atoms with Crippen molar-refractivity contribution in [2.75, 3.05) is 0 Å². The van der Waals surface area contributed by atoms with Gasteiger partial charge in [0, 0.05) is 23.1 Å². The first-order chi connectivity index (χ1) is 14.5. The molecular weight excluding hydrogens is 374 g/mol. The van der Waals surface area contributed by atoms with Gasteiger partial charge in [-0.2, -0.15) is 0 Å². The zero-order valence-corrected chi connectivity index (χ0v) is 17.1. The lowest BCUT2D eigenvalue weighted by Gasteiger charge is -2.16. The number of nitrogens with zero attached hydrogens (tertiary/aromatic N) is 1. The van der Waals surface area contributed by atoms with E-state index in [9.17, 15) is 9.59 Å². The number of hydrogen-bond acceptors (Lipinski definition) is 3.